The van der Waals surface area contributed by atoms with Crippen molar-refractivity contribution in [3.8, 4) is 0 Å². The molecule has 0 atom stereocenters. The molecule has 2 aliphatic heterocycles. The van der Waals surface area contributed by atoms with Gasteiger partial charge in [0.2, 0.25) is 0 Å². The average molecular weight is 516 g/mol. The van der Waals surface area contributed by atoms with E-state index < -0.39 is 36.0 Å². The second-order valence-electron chi connectivity index (χ2n) is 9.24. The van der Waals surface area contributed by atoms with Gasteiger partial charge in [-0.1, -0.05) is 19.9 Å². The van der Waals surface area contributed by atoms with E-state index in [1.165, 1.54) is 13.8 Å². The zero-order valence-corrected chi connectivity index (χ0v) is 20.6. The predicted octanol–water partition coefficient (Wildman–Crippen LogP) is 7.91. The number of hydrogen-bond donors (Lipinski definition) is 0. The molecule has 0 unspecified atom stereocenters. The smallest absolute Gasteiger partial charge is 0.393 e. The van der Waals surface area contributed by atoms with Crippen molar-refractivity contribution in [1.82, 2.24) is 4.48 Å². The quantitative estimate of drug-likeness (QED) is 0.290. The minimum atomic E-state index is -5.16. The van der Waals surface area contributed by atoms with E-state index in [-0.39, 0.29) is 34.4 Å². The summed E-state index contributed by atoms with van der Waals surface area (Å²) in [4.78, 5) is 0. The van der Waals surface area contributed by atoms with Gasteiger partial charge in [0.15, 0.2) is 5.70 Å². The van der Waals surface area contributed by atoms with Gasteiger partial charge in [-0.05, 0) is 62.6 Å². The molecule has 0 fully saturated rings. The Balaban J connectivity index is 2.26. The Morgan fingerprint density at radius 1 is 0.889 bits per heavy atom. The Labute approximate surface area is 203 Å². The Morgan fingerprint density at radius 2 is 1.50 bits per heavy atom. The van der Waals surface area contributed by atoms with Crippen LogP contribution in [0.3, 0.4) is 0 Å². The van der Waals surface area contributed by atoms with Crippen molar-refractivity contribution in [1.29, 1.82) is 0 Å². The number of halogens is 8. The third-order valence-corrected chi connectivity index (χ3v) is 7.42. The zero-order chi connectivity index (χ0) is 27.1. The standard InChI is InChI=1S/C25H25BF8N2/c1-7-17-12(3)22-21(19-10-9-16(24(27,28)29)11-20(19)25(30,31)32)23-13(4)18(8-2)15(6)36(23)26(33,34)35(22)14(17)5/h9-11H,7-8H2,1-6H3. The van der Waals surface area contributed by atoms with E-state index in [4.69, 9.17) is 0 Å². The molecule has 0 spiro atoms. The molecular weight excluding hydrogens is 491 g/mol. The van der Waals surface area contributed by atoms with Crippen molar-refractivity contribution in [2.75, 3.05) is 0 Å². The van der Waals surface area contributed by atoms with Crippen LogP contribution in [-0.2, 0) is 18.8 Å². The molecule has 2 aromatic rings. The molecule has 0 bridgehead atoms. The number of benzene rings is 1. The summed E-state index contributed by atoms with van der Waals surface area (Å²) in [6.07, 6.45) is -9.43. The largest absolute Gasteiger partial charge is 0.737 e. The van der Waals surface area contributed by atoms with E-state index >= 15 is 8.63 Å². The zero-order valence-electron chi connectivity index (χ0n) is 20.6. The first-order valence-electron chi connectivity index (χ1n) is 11.6. The molecule has 36 heavy (non-hydrogen) atoms. The Hall–Kier alpha value is -2.85. The molecule has 2 aliphatic rings. The van der Waals surface area contributed by atoms with Crippen LogP contribution in [0.1, 0.15) is 73.3 Å². The highest BCUT2D eigenvalue weighted by Crippen LogP contribution is 2.50. The fourth-order valence-electron chi connectivity index (χ4n) is 5.91. The molecule has 11 heteroatoms. The average Bonchev–Trinajstić information content (AvgIpc) is 3.17. The van der Waals surface area contributed by atoms with Crippen LogP contribution in [0, 0.1) is 13.8 Å². The summed E-state index contributed by atoms with van der Waals surface area (Å²) in [7, 11) is 0. The molecule has 0 saturated heterocycles. The summed E-state index contributed by atoms with van der Waals surface area (Å²) in [6, 6.07) is 1.39. The molecule has 3 heterocycles. The van der Waals surface area contributed by atoms with Crippen molar-refractivity contribution >= 4 is 18.3 Å². The number of alkyl halides is 6. The third-order valence-electron chi connectivity index (χ3n) is 7.42. The fourth-order valence-corrected chi connectivity index (χ4v) is 5.91. The Morgan fingerprint density at radius 3 is 2.00 bits per heavy atom. The van der Waals surface area contributed by atoms with Crippen LogP contribution in [0.15, 0.2) is 35.0 Å². The van der Waals surface area contributed by atoms with Crippen LogP contribution in [0.2, 0.25) is 0 Å². The summed E-state index contributed by atoms with van der Waals surface area (Å²) in [5, 5.41) is 0. The highest BCUT2D eigenvalue weighted by Gasteiger charge is 2.57. The second-order valence-corrected chi connectivity index (χ2v) is 9.24. The number of nitrogens with zero attached hydrogens (tertiary/aromatic N) is 2. The third kappa shape index (κ3) is 3.49. The molecule has 0 saturated carbocycles. The van der Waals surface area contributed by atoms with Crippen molar-refractivity contribution in [3.05, 3.63) is 74.2 Å². The van der Waals surface area contributed by atoms with Gasteiger partial charge in [-0.3, -0.25) is 0 Å². The molecule has 1 aromatic carbocycles. The molecule has 0 aliphatic carbocycles. The first-order valence-corrected chi connectivity index (χ1v) is 11.6. The minimum absolute atomic E-state index is 0.0621. The molecule has 0 N–H and O–H groups in total. The number of fused-ring (bicyclic) bond motifs is 2. The molecule has 194 valence electrons. The minimum Gasteiger partial charge on any atom is -0.393 e. The van der Waals surface area contributed by atoms with E-state index in [0.717, 1.165) is 15.0 Å². The molecule has 0 amide bonds. The lowest BCUT2D eigenvalue weighted by Crippen LogP contribution is -2.51. The van der Waals surface area contributed by atoms with Gasteiger partial charge in [0.05, 0.1) is 16.7 Å². The van der Waals surface area contributed by atoms with E-state index in [2.05, 4.69) is 0 Å². The summed E-state index contributed by atoms with van der Waals surface area (Å²) in [5.41, 5.74) is -1.47. The van der Waals surface area contributed by atoms with Crippen molar-refractivity contribution in [3.63, 3.8) is 0 Å². The lowest BCUT2D eigenvalue weighted by molar-refractivity contribution is -0.363. The maximum absolute atomic E-state index is 16.2. The summed E-state index contributed by atoms with van der Waals surface area (Å²) in [5.74, 6) is 0. The lowest BCUT2D eigenvalue weighted by atomic mass is 9.82. The highest BCUT2D eigenvalue weighted by molar-refractivity contribution is 6.58. The maximum atomic E-state index is 16.2. The topological polar surface area (TPSA) is 7.94 Å². The molecule has 1 aromatic heterocycles. The van der Waals surface area contributed by atoms with Crippen LogP contribution in [0.5, 0.6) is 0 Å². The Bertz CT molecular complexity index is 1380. The van der Waals surface area contributed by atoms with Gasteiger partial charge in [-0.15, -0.1) is 0 Å². The van der Waals surface area contributed by atoms with E-state index in [9.17, 15) is 26.3 Å². The maximum Gasteiger partial charge on any atom is 0.737 e. The predicted molar refractivity (Wildman–Crippen MR) is 123 cm³/mol. The number of allylic oxidation sites excluding steroid dienone is 2. The van der Waals surface area contributed by atoms with Crippen LogP contribution >= 0.6 is 0 Å². The highest BCUT2D eigenvalue weighted by atomic mass is 19.4. The summed E-state index contributed by atoms with van der Waals surface area (Å²) >= 11 is 0. The monoisotopic (exact) mass is 516 g/mol. The van der Waals surface area contributed by atoms with Crippen LogP contribution < -0.4 is 0 Å². The van der Waals surface area contributed by atoms with Gasteiger partial charge in [0, 0.05) is 29.3 Å². The van der Waals surface area contributed by atoms with Crippen LogP contribution in [0.25, 0.3) is 5.57 Å². The Kier molecular flexibility index (Phi) is 5.89. The van der Waals surface area contributed by atoms with Gasteiger partial charge in [0.1, 0.15) is 5.71 Å². The van der Waals surface area contributed by atoms with Gasteiger partial charge in [-0.25, -0.2) is 0 Å². The molecular formula is C25H25BF8N2. The van der Waals surface area contributed by atoms with Crippen molar-refractivity contribution in [2.45, 2.75) is 66.7 Å². The van der Waals surface area contributed by atoms with E-state index in [1.807, 2.05) is 0 Å². The number of hydrogen-bond acceptors (Lipinski definition) is 0. The number of aromatic nitrogens is 1. The lowest BCUT2D eigenvalue weighted by Gasteiger charge is -2.34. The molecule has 2 nitrogen and oxygen atoms in total. The SMILES string of the molecule is CCC1=C(C)C2=C(c3ccc(C(F)(F)F)cc3C(F)(F)F)c3c(C)c(CC)c(C)n3[B-](F)(F)[N+]2=C1C. The van der Waals surface area contributed by atoms with Gasteiger partial charge in [0.25, 0.3) is 0 Å². The van der Waals surface area contributed by atoms with E-state index in [1.54, 1.807) is 27.7 Å². The second kappa shape index (κ2) is 8.08. The van der Waals surface area contributed by atoms with Crippen LogP contribution in [-0.4, -0.2) is 21.6 Å². The molecule has 4 rings (SSSR count). The summed E-state index contributed by atoms with van der Waals surface area (Å²) < 4.78 is 117. The van der Waals surface area contributed by atoms with Crippen molar-refractivity contribution in [2.24, 2.45) is 0 Å². The van der Waals surface area contributed by atoms with Crippen molar-refractivity contribution < 1.29 is 39.5 Å². The fraction of sp³-hybridized carbons (Fsp3) is 0.400. The first-order chi connectivity index (χ1) is 16.5. The van der Waals surface area contributed by atoms with Gasteiger partial charge in [-0.2, -0.15) is 26.3 Å². The molecule has 0 radical (unpaired) electrons. The van der Waals surface area contributed by atoms with Gasteiger partial charge < -0.3 is 17.6 Å². The first kappa shape index (κ1) is 26.2. The summed E-state index contributed by atoms with van der Waals surface area (Å²) in [6.45, 7) is 5.19. The van der Waals surface area contributed by atoms with Crippen LogP contribution in [0.4, 0.5) is 35.0 Å². The normalized spacial score (nSPS) is 17.8. The number of rotatable bonds is 3. The van der Waals surface area contributed by atoms with E-state index in [0.29, 0.717) is 41.2 Å². The van der Waals surface area contributed by atoms with Gasteiger partial charge >= 0.3 is 19.3 Å².